The van der Waals surface area contributed by atoms with Crippen LogP contribution in [0, 0.1) is 0 Å². The van der Waals surface area contributed by atoms with Gasteiger partial charge in [0.2, 0.25) is 6.41 Å². The van der Waals surface area contributed by atoms with E-state index in [1.54, 1.807) is 48.5 Å². The molecule has 4 rings (SSSR count). The maximum atomic E-state index is 12.8. The molecule has 2 aliphatic heterocycles. The summed E-state index contributed by atoms with van der Waals surface area (Å²) in [4.78, 5) is 26.9. The predicted octanol–water partition coefficient (Wildman–Crippen LogP) is 2.45. The van der Waals surface area contributed by atoms with Crippen LogP contribution < -0.4 is 4.74 Å². The Morgan fingerprint density at radius 1 is 1.04 bits per heavy atom. The van der Waals surface area contributed by atoms with E-state index in [9.17, 15) is 14.7 Å². The van der Waals surface area contributed by atoms with Crippen LogP contribution in [0.3, 0.4) is 0 Å². The van der Waals surface area contributed by atoms with Crippen LogP contribution >= 0.6 is 0 Å². The molecule has 2 saturated heterocycles. The summed E-state index contributed by atoms with van der Waals surface area (Å²) in [5.41, 5.74) is 1.09. The van der Waals surface area contributed by atoms with Gasteiger partial charge in [-0.15, -0.1) is 0 Å². The number of ether oxygens (including phenoxy) is 3. The quantitative estimate of drug-likeness (QED) is 0.497. The van der Waals surface area contributed by atoms with Gasteiger partial charge in [0, 0.05) is 5.56 Å². The summed E-state index contributed by atoms with van der Waals surface area (Å²) in [6.07, 6.45) is -0.970. The number of carbonyl (C=O) groups excluding carboxylic acids is 2. The third-order valence-electron chi connectivity index (χ3n) is 4.79. The summed E-state index contributed by atoms with van der Waals surface area (Å²) in [7, 11) is 1.54. The third-order valence-corrected chi connectivity index (χ3v) is 4.79. The fraction of sp³-hybridized carbons (Fsp3) is 0.238. The standard InChI is InChI=1S/C21H19NO6/c1-26-15-9-7-14(8-10-15)18(23)16-17(13-5-3-2-4-6-13)22(20(25)19(16)24)21-27-11-12-28-21/h2-10,17,21,23H,11-12H2,1H3. The number of carbonyl (C=O) groups is 2. The van der Waals surface area contributed by atoms with Gasteiger partial charge in [0.1, 0.15) is 11.5 Å². The zero-order chi connectivity index (χ0) is 19.7. The van der Waals surface area contributed by atoms with E-state index < -0.39 is 24.1 Å². The molecular formula is C21H19NO6. The number of amides is 1. The van der Waals surface area contributed by atoms with Crippen LogP contribution in [0.1, 0.15) is 17.2 Å². The van der Waals surface area contributed by atoms with E-state index in [-0.39, 0.29) is 11.3 Å². The van der Waals surface area contributed by atoms with Crippen molar-refractivity contribution in [3.05, 3.63) is 71.3 Å². The lowest BCUT2D eigenvalue weighted by Crippen LogP contribution is -2.40. The minimum absolute atomic E-state index is 0.000432. The summed E-state index contributed by atoms with van der Waals surface area (Å²) in [6, 6.07) is 14.8. The first kappa shape index (κ1) is 18.2. The molecule has 0 saturated carbocycles. The van der Waals surface area contributed by atoms with Crippen molar-refractivity contribution in [2.45, 2.75) is 12.5 Å². The van der Waals surface area contributed by atoms with Crippen LogP contribution in [-0.4, -0.2) is 48.4 Å². The molecule has 28 heavy (non-hydrogen) atoms. The Labute approximate surface area is 161 Å². The fourth-order valence-corrected chi connectivity index (χ4v) is 3.44. The van der Waals surface area contributed by atoms with Gasteiger partial charge < -0.3 is 19.3 Å². The normalized spacial score (nSPS) is 22.0. The molecule has 144 valence electrons. The highest BCUT2D eigenvalue weighted by Gasteiger charge is 2.50. The second-order valence-corrected chi connectivity index (χ2v) is 6.39. The number of aliphatic hydroxyl groups excluding tert-OH is 1. The number of benzene rings is 2. The first-order chi connectivity index (χ1) is 13.6. The molecule has 0 aromatic heterocycles. The third kappa shape index (κ3) is 3.04. The van der Waals surface area contributed by atoms with Crippen molar-refractivity contribution in [3.63, 3.8) is 0 Å². The number of rotatable bonds is 4. The summed E-state index contributed by atoms with van der Waals surface area (Å²) < 4.78 is 16.1. The van der Waals surface area contributed by atoms with Gasteiger partial charge in [0.15, 0.2) is 0 Å². The second kappa shape index (κ2) is 7.46. The smallest absolute Gasteiger partial charge is 0.299 e. The van der Waals surface area contributed by atoms with Crippen molar-refractivity contribution in [2.75, 3.05) is 20.3 Å². The van der Waals surface area contributed by atoms with Crippen molar-refractivity contribution in [1.82, 2.24) is 4.90 Å². The number of hydrogen-bond donors (Lipinski definition) is 1. The molecule has 7 nitrogen and oxygen atoms in total. The number of aliphatic hydroxyl groups is 1. The Morgan fingerprint density at radius 3 is 2.29 bits per heavy atom. The number of Topliss-reactive ketones (excluding diaryl/α,β-unsaturated/α-hetero) is 1. The number of ketones is 1. The van der Waals surface area contributed by atoms with Crippen molar-refractivity contribution < 1.29 is 28.9 Å². The van der Waals surface area contributed by atoms with Crippen LogP contribution in [0.25, 0.3) is 5.76 Å². The zero-order valence-corrected chi connectivity index (χ0v) is 15.2. The molecule has 2 aromatic rings. The van der Waals surface area contributed by atoms with Crippen LogP contribution in [-0.2, 0) is 19.1 Å². The van der Waals surface area contributed by atoms with Gasteiger partial charge in [-0.25, -0.2) is 0 Å². The molecular weight excluding hydrogens is 362 g/mol. The van der Waals surface area contributed by atoms with Crippen LogP contribution in [0.4, 0.5) is 0 Å². The van der Waals surface area contributed by atoms with Gasteiger partial charge in [-0.3, -0.25) is 14.5 Å². The van der Waals surface area contributed by atoms with Crippen molar-refractivity contribution in [3.8, 4) is 5.75 Å². The maximum Gasteiger partial charge on any atom is 0.299 e. The average Bonchev–Trinajstić information content (AvgIpc) is 3.35. The molecule has 2 fully saturated rings. The molecule has 1 unspecified atom stereocenters. The van der Waals surface area contributed by atoms with Crippen molar-refractivity contribution in [2.24, 2.45) is 0 Å². The Bertz CT molecular complexity index is 916. The monoisotopic (exact) mass is 381 g/mol. The number of methoxy groups -OCH3 is 1. The van der Waals surface area contributed by atoms with E-state index in [1.807, 2.05) is 6.07 Å². The molecule has 0 spiro atoms. The summed E-state index contributed by atoms with van der Waals surface area (Å²) in [5.74, 6) is -1.18. The predicted molar refractivity (Wildman–Crippen MR) is 99.3 cm³/mol. The number of hydrogen-bond acceptors (Lipinski definition) is 6. The lowest BCUT2D eigenvalue weighted by molar-refractivity contribution is -0.177. The molecule has 2 aliphatic rings. The molecule has 1 atom stereocenters. The molecule has 0 radical (unpaired) electrons. The molecule has 0 aliphatic carbocycles. The lowest BCUT2D eigenvalue weighted by Gasteiger charge is -2.28. The van der Waals surface area contributed by atoms with Crippen molar-refractivity contribution in [1.29, 1.82) is 0 Å². The van der Waals surface area contributed by atoms with Gasteiger partial charge >= 0.3 is 0 Å². The summed E-state index contributed by atoms with van der Waals surface area (Å²) in [6.45, 7) is 0.654. The molecule has 7 heteroatoms. The van der Waals surface area contributed by atoms with E-state index in [0.717, 1.165) is 0 Å². The first-order valence-corrected chi connectivity index (χ1v) is 8.84. The molecule has 1 N–H and O–H groups in total. The molecule has 2 aromatic carbocycles. The van der Waals surface area contributed by atoms with Crippen LogP contribution in [0.5, 0.6) is 5.75 Å². The van der Waals surface area contributed by atoms with Crippen LogP contribution in [0.15, 0.2) is 60.2 Å². The fourth-order valence-electron chi connectivity index (χ4n) is 3.44. The van der Waals surface area contributed by atoms with Crippen molar-refractivity contribution >= 4 is 17.4 Å². The molecule has 0 bridgehead atoms. The number of nitrogens with zero attached hydrogens (tertiary/aromatic N) is 1. The van der Waals surface area contributed by atoms with E-state index >= 15 is 0 Å². The van der Waals surface area contributed by atoms with Gasteiger partial charge in [0.25, 0.3) is 11.7 Å². The second-order valence-electron chi connectivity index (χ2n) is 6.39. The van der Waals surface area contributed by atoms with Gasteiger partial charge in [-0.2, -0.15) is 0 Å². The highest BCUT2D eigenvalue weighted by atomic mass is 16.7. The Hall–Kier alpha value is -3.16. The van der Waals surface area contributed by atoms with Gasteiger partial charge in [0.05, 0.1) is 31.9 Å². The Kier molecular flexibility index (Phi) is 4.85. The van der Waals surface area contributed by atoms with E-state index in [1.165, 1.54) is 12.0 Å². The highest BCUT2D eigenvalue weighted by Crippen LogP contribution is 2.41. The number of likely N-dealkylation sites (tertiary alicyclic amines) is 1. The first-order valence-electron chi connectivity index (χ1n) is 8.84. The van der Waals surface area contributed by atoms with Crippen LogP contribution in [0.2, 0.25) is 0 Å². The zero-order valence-electron chi connectivity index (χ0n) is 15.2. The average molecular weight is 381 g/mol. The Balaban J connectivity index is 1.85. The molecule has 2 heterocycles. The summed E-state index contributed by atoms with van der Waals surface area (Å²) >= 11 is 0. The van der Waals surface area contributed by atoms with Gasteiger partial charge in [-0.1, -0.05) is 30.3 Å². The molecule has 1 amide bonds. The minimum Gasteiger partial charge on any atom is -0.507 e. The lowest BCUT2D eigenvalue weighted by atomic mass is 9.95. The largest absolute Gasteiger partial charge is 0.507 e. The SMILES string of the molecule is COc1ccc(C(O)=C2C(=O)C(=O)N(C3OCCO3)C2c2ccccc2)cc1. The minimum atomic E-state index is -0.970. The van der Waals surface area contributed by atoms with Gasteiger partial charge in [-0.05, 0) is 29.8 Å². The maximum absolute atomic E-state index is 12.8. The topological polar surface area (TPSA) is 85.3 Å². The van der Waals surface area contributed by atoms with E-state index in [2.05, 4.69) is 0 Å². The Morgan fingerprint density at radius 2 is 1.68 bits per heavy atom. The summed E-state index contributed by atoms with van der Waals surface area (Å²) in [5, 5.41) is 10.9. The highest BCUT2D eigenvalue weighted by molar-refractivity contribution is 6.46. The van der Waals surface area contributed by atoms with E-state index in [4.69, 9.17) is 14.2 Å². The van der Waals surface area contributed by atoms with E-state index in [0.29, 0.717) is 30.1 Å².